The van der Waals surface area contributed by atoms with Gasteiger partial charge in [-0.1, -0.05) is 13.8 Å². The molecule has 0 aromatic carbocycles. The maximum absolute atomic E-state index is 12.6. The van der Waals surface area contributed by atoms with Crippen molar-refractivity contribution >= 4 is 17.2 Å². The highest BCUT2D eigenvalue weighted by Crippen LogP contribution is 2.23. The molecule has 1 fully saturated rings. The molecule has 0 aliphatic carbocycles. The van der Waals surface area contributed by atoms with Crippen LogP contribution < -0.4 is 5.32 Å². The van der Waals surface area contributed by atoms with E-state index in [0.29, 0.717) is 5.92 Å². The minimum atomic E-state index is 0.152. The zero-order chi connectivity index (χ0) is 14.0. The largest absolute Gasteiger partial charge is 0.333 e. The summed E-state index contributed by atoms with van der Waals surface area (Å²) in [5, 5.41) is 4.39. The quantitative estimate of drug-likeness (QED) is 0.922. The Kier molecular flexibility index (Phi) is 4.58. The molecule has 5 heteroatoms. The normalized spacial score (nSPS) is 20.1. The number of hydrogen-bond acceptors (Lipinski definition) is 4. The highest BCUT2D eigenvalue weighted by Gasteiger charge is 2.27. The molecule has 2 rings (SSSR count). The van der Waals surface area contributed by atoms with E-state index in [0.717, 1.165) is 41.6 Å². The van der Waals surface area contributed by atoms with Gasteiger partial charge in [-0.3, -0.25) is 4.79 Å². The van der Waals surface area contributed by atoms with Crippen LogP contribution in [0.15, 0.2) is 0 Å². The Labute approximate surface area is 119 Å². The Morgan fingerprint density at radius 3 is 2.95 bits per heavy atom. The second-order valence-electron chi connectivity index (χ2n) is 5.67. The van der Waals surface area contributed by atoms with E-state index in [1.807, 2.05) is 11.8 Å². The van der Waals surface area contributed by atoms with Gasteiger partial charge >= 0.3 is 0 Å². The Morgan fingerprint density at radius 2 is 2.32 bits per heavy atom. The summed E-state index contributed by atoms with van der Waals surface area (Å²) in [5.41, 5.74) is 0.886. The number of piperazine rings is 1. The molecule has 0 bridgehead atoms. The lowest BCUT2D eigenvalue weighted by Crippen LogP contribution is -2.52. The number of nitrogens with one attached hydrogen (secondary N) is 1. The number of nitrogens with zero attached hydrogens (tertiary/aromatic N) is 2. The zero-order valence-corrected chi connectivity index (χ0v) is 13.0. The van der Waals surface area contributed by atoms with Crippen molar-refractivity contribution in [2.45, 2.75) is 40.2 Å². The summed E-state index contributed by atoms with van der Waals surface area (Å²) in [6.45, 7) is 10.9. The number of carbonyl (C=O) groups is 1. The second-order valence-corrected chi connectivity index (χ2v) is 6.76. The molecule has 106 valence electrons. The number of hydrogen-bond donors (Lipinski definition) is 1. The van der Waals surface area contributed by atoms with Crippen LogP contribution in [0.4, 0.5) is 0 Å². The topological polar surface area (TPSA) is 45.2 Å². The van der Waals surface area contributed by atoms with Crippen molar-refractivity contribution in [3.8, 4) is 0 Å². The van der Waals surface area contributed by atoms with Crippen molar-refractivity contribution in [1.82, 2.24) is 15.2 Å². The molecule has 2 heterocycles. The van der Waals surface area contributed by atoms with Gasteiger partial charge in [0, 0.05) is 32.1 Å². The van der Waals surface area contributed by atoms with Gasteiger partial charge < -0.3 is 10.2 Å². The minimum Gasteiger partial charge on any atom is -0.333 e. The van der Waals surface area contributed by atoms with Crippen LogP contribution in [-0.2, 0) is 6.42 Å². The van der Waals surface area contributed by atoms with Gasteiger partial charge in [-0.15, -0.1) is 11.3 Å². The molecule has 1 amide bonds. The molecule has 1 aromatic rings. The van der Waals surface area contributed by atoms with Crippen molar-refractivity contribution in [3.63, 3.8) is 0 Å². The van der Waals surface area contributed by atoms with E-state index in [1.54, 1.807) is 11.3 Å². The van der Waals surface area contributed by atoms with E-state index in [2.05, 4.69) is 31.1 Å². The number of carbonyl (C=O) groups excluding carboxylic acids is 1. The molecule has 0 unspecified atom stereocenters. The predicted octanol–water partition coefficient (Wildman–Crippen LogP) is 2.08. The van der Waals surface area contributed by atoms with Crippen molar-refractivity contribution in [2.24, 2.45) is 5.92 Å². The SMILES string of the molecule is Cc1nc(CC(C)C)sc1C(=O)N1CCNC[C@@H]1C. The molecule has 1 aliphatic heterocycles. The highest BCUT2D eigenvalue weighted by molar-refractivity contribution is 7.13. The molecular formula is C14H23N3OS. The lowest BCUT2D eigenvalue weighted by molar-refractivity contribution is 0.0660. The Morgan fingerprint density at radius 1 is 1.58 bits per heavy atom. The maximum atomic E-state index is 12.6. The number of thiazole rings is 1. The fourth-order valence-corrected chi connectivity index (χ4v) is 3.59. The first-order chi connectivity index (χ1) is 8.99. The molecule has 1 saturated heterocycles. The number of amides is 1. The number of aryl methyl sites for hydroxylation is 1. The van der Waals surface area contributed by atoms with Crippen molar-refractivity contribution in [2.75, 3.05) is 19.6 Å². The van der Waals surface area contributed by atoms with E-state index in [-0.39, 0.29) is 11.9 Å². The zero-order valence-electron chi connectivity index (χ0n) is 12.2. The summed E-state index contributed by atoms with van der Waals surface area (Å²) in [4.78, 5) is 19.9. The standard InChI is InChI=1S/C14H23N3OS/c1-9(2)7-12-16-11(4)13(19-12)14(18)17-6-5-15-8-10(17)3/h9-10,15H,5-8H2,1-4H3/t10-/m0/s1. The summed E-state index contributed by atoms with van der Waals surface area (Å²) in [6, 6.07) is 0.260. The lowest BCUT2D eigenvalue weighted by Gasteiger charge is -2.33. The monoisotopic (exact) mass is 281 g/mol. The van der Waals surface area contributed by atoms with Gasteiger partial charge in [-0.2, -0.15) is 0 Å². The maximum Gasteiger partial charge on any atom is 0.266 e. The minimum absolute atomic E-state index is 0.152. The molecular weight excluding hydrogens is 258 g/mol. The summed E-state index contributed by atoms with van der Waals surface area (Å²) in [7, 11) is 0. The smallest absolute Gasteiger partial charge is 0.266 e. The molecule has 0 spiro atoms. The van der Waals surface area contributed by atoms with Gasteiger partial charge in [0.25, 0.3) is 5.91 Å². The van der Waals surface area contributed by atoms with Crippen LogP contribution in [-0.4, -0.2) is 41.5 Å². The Hall–Kier alpha value is -0.940. The summed E-state index contributed by atoms with van der Waals surface area (Å²) in [5.74, 6) is 0.727. The second kappa shape index (κ2) is 6.01. The van der Waals surface area contributed by atoms with Crippen LogP contribution >= 0.6 is 11.3 Å². The van der Waals surface area contributed by atoms with Gasteiger partial charge in [0.15, 0.2) is 0 Å². The van der Waals surface area contributed by atoms with Gasteiger partial charge in [-0.05, 0) is 19.8 Å². The molecule has 0 saturated carbocycles. The third-order valence-electron chi connectivity index (χ3n) is 3.38. The van der Waals surface area contributed by atoms with Crippen LogP contribution in [0.5, 0.6) is 0 Å². The van der Waals surface area contributed by atoms with Gasteiger partial charge in [-0.25, -0.2) is 4.98 Å². The number of rotatable bonds is 3. The fraction of sp³-hybridized carbons (Fsp3) is 0.714. The van der Waals surface area contributed by atoms with E-state index >= 15 is 0 Å². The first-order valence-electron chi connectivity index (χ1n) is 6.97. The first-order valence-corrected chi connectivity index (χ1v) is 7.78. The third kappa shape index (κ3) is 3.34. The summed E-state index contributed by atoms with van der Waals surface area (Å²) in [6.07, 6.45) is 0.954. The third-order valence-corrected chi connectivity index (χ3v) is 4.55. The average molecular weight is 281 g/mol. The van der Waals surface area contributed by atoms with Gasteiger partial charge in [0.05, 0.1) is 10.7 Å². The molecule has 1 aromatic heterocycles. The van der Waals surface area contributed by atoms with Crippen LogP contribution in [0.1, 0.15) is 41.1 Å². The average Bonchev–Trinajstić information content (AvgIpc) is 2.69. The molecule has 0 radical (unpaired) electrons. The van der Waals surface area contributed by atoms with E-state index < -0.39 is 0 Å². The predicted molar refractivity (Wildman–Crippen MR) is 78.8 cm³/mol. The molecule has 1 aliphatic rings. The van der Waals surface area contributed by atoms with E-state index in [1.165, 1.54) is 0 Å². The fourth-order valence-electron chi connectivity index (χ4n) is 2.36. The van der Waals surface area contributed by atoms with Crippen molar-refractivity contribution in [1.29, 1.82) is 0 Å². The van der Waals surface area contributed by atoms with E-state index in [9.17, 15) is 4.79 Å². The molecule has 1 N–H and O–H groups in total. The molecule has 19 heavy (non-hydrogen) atoms. The van der Waals surface area contributed by atoms with Crippen LogP contribution in [0, 0.1) is 12.8 Å². The Bertz CT molecular complexity index is 456. The van der Waals surface area contributed by atoms with Crippen LogP contribution in [0.2, 0.25) is 0 Å². The number of aromatic nitrogens is 1. The van der Waals surface area contributed by atoms with Crippen LogP contribution in [0.3, 0.4) is 0 Å². The van der Waals surface area contributed by atoms with Crippen molar-refractivity contribution in [3.05, 3.63) is 15.6 Å². The summed E-state index contributed by atoms with van der Waals surface area (Å²) < 4.78 is 0. The van der Waals surface area contributed by atoms with Gasteiger partial charge in [0.1, 0.15) is 4.88 Å². The molecule has 4 nitrogen and oxygen atoms in total. The van der Waals surface area contributed by atoms with Crippen molar-refractivity contribution < 1.29 is 4.79 Å². The van der Waals surface area contributed by atoms with Gasteiger partial charge in [0.2, 0.25) is 0 Å². The molecule has 1 atom stereocenters. The first kappa shape index (κ1) is 14.5. The lowest BCUT2D eigenvalue weighted by atomic mass is 10.1. The Balaban J connectivity index is 2.16. The van der Waals surface area contributed by atoms with Crippen LogP contribution in [0.25, 0.3) is 0 Å². The summed E-state index contributed by atoms with van der Waals surface area (Å²) >= 11 is 1.57. The van der Waals surface area contributed by atoms with E-state index in [4.69, 9.17) is 0 Å². The highest BCUT2D eigenvalue weighted by atomic mass is 32.1.